The van der Waals surface area contributed by atoms with Crippen molar-refractivity contribution in [1.29, 1.82) is 0 Å². The maximum atomic E-state index is 12.6. The van der Waals surface area contributed by atoms with Crippen LogP contribution in [0.15, 0.2) is 59.1 Å². The SMILES string of the molecule is CCc1noc(C)c1C(=O)OC(C)C(=O)Nc1ccccc1-c1ccccc1. The number of hydrogen-bond acceptors (Lipinski definition) is 5. The molecule has 0 bridgehead atoms. The summed E-state index contributed by atoms with van der Waals surface area (Å²) in [5, 5.41) is 6.69. The molecule has 1 aromatic heterocycles. The number of aromatic nitrogens is 1. The van der Waals surface area contributed by atoms with Crippen LogP contribution < -0.4 is 5.32 Å². The zero-order valence-electron chi connectivity index (χ0n) is 16.1. The lowest BCUT2D eigenvalue weighted by atomic mass is 10.0. The van der Waals surface area contributed by atoms with Gasteiger partial charge in [-0.15, -0.1) is 0 Å². The highest BCUT2D eigenvalue weighted by molar-refractivity contribution is 6.00. The number of rotatable bonds is 6. The first kappa shape index (κ1) is 19.4. The summed E-state index contributed by atoms with van der Waals surface area (Å²) in [7, 11) is 0. The maximum Gasteiger partial charge on any atom is 0.344 e. The van der Waals surface area contributed by atoms with Crippen LogP contribution in [0.1, 0.15) is 35.7 Å². The van der Waals surface area contributed by atoms with Gasteiger partial charge in [0.15, 0.2) is 6.10 Å². The number of ether oxygens (including phenoxy) is 1. The van der Waals surface area contributed by atoms with Crippen molar-refractivity contribution >= 4 is 17.6 Å². The highest BCUT2D eigenvalue weighted by Crippen LogP contribution is 2.27. The van der Waals surface area contributed by atoms with Gasteiger partial charge in [-0.2, -0.15) is 0 Å². The van der Waals surface area contributed by atoms with Crippen LogP contribution in [0.3, 0.4) is 0 Å². The van der Waals surface area contributed by atoms with E-state index in [1.54, 1.807) is 6.92 Å². The molecule has 1 atom stereocenters. The molecule has 1 unspecified atom stereocenters. The van der Waals surface area contributed by atoms with Crippen LogP contribution in [0.2, 0.25) is 0 Å². The molecule has 6 nitrogen and oxygen atoms in total. The van der Waals surface area contributed by atoms with Crippen LogP contribution in [0.25, 0.3) is 11.1 Å². The Kier molecular flexibility index (Phi) is 5.89. The average molecular weight is 378 g/mol. The summed E-state index contributed by atoms with van der Waals surface area (Å²) in [6, 6.07) is 17.2. The second-order valence-electron chi connectivity index (χ2n) is 6.36. The van der Waals surface area contributed by atoms with Gasteiger partial charge < -0.3 is 14.6 Å². The molecule has 144 valence electrons. The van der Waals surface area contributed by atoms with E-state index in [9.17, 15) is 9.59 Å². The lowest BCUT2D eigenvalue weighted by Gasteiger charge is -2.16. The number of anilines is 1. The van der Waals surface area contributed by atoms with Gasteiger partial charge in [0.2, 0.25) is 0 Å². The van der Waals surface area contributed by atoms with Crippen molar-refractivity contribution in [3.05, 3.63) is 71.6 Å². The molecule has 3 rings (SSSR count). The summed E-state index contributed by atoms with van der Waals surface area (Å²) in [5.74, 6) is -0.651. The molecule has 0 radical (unpaired) electrons. The smallest absolute Gasteiger partial charge is 0.344 e. The fourth-order valence-corrected chi connectivity index (χ4v) is 2.89. The maximum absolute atomic E-state index is 12.6. The molecule has 1 amide bonds. The topological polar surface area (TPSA) is 81.4 Å². The molecule has 1 N–H and O–H groups in total. The summed E-state index contributed by atoms with van der Waals surface area (Å²) < 4.78 is 10.4. The predicted octanol–water partition coefficient (Wildman–Crippen LogP) is 4.40. The van der Waals surface area contributed by atoms with Crippen molar-refractivity contribution < 1.29 is 18.8 Å². The van der Waals surface area contributed by atoms with Gasteiger partial charge in [0.1, 0.15) is 11.3 Å². The largest absolute Gasteiger partial charge is 0.449 e. The molecule has 0 fully saturated rings. The molecule has 0 aliphatic heterocycles. The van der Waals surface area contributed by atoms with Crippen molar-refractivity contribution in [2.45, 2.75) is 33.3 Å². The van der Waals surface area contributed by atoms with Crippen LogP contribution in [-0.4, -0.2) is 23.1 Å². The molecular formula is C22H22N2O4. The van der Waals surface area contributed by atoms with Crippen LogP contribution in [0, 0.1) is 6.92 Å². The summed E-state index contributed by atoms with van der Waals surface area (Å²) in [5.41, 5.74) is 3.32. The quantitative estimate of drug-likeness (QED) is 0.643. The van der Waals surface area contributed by atoms with Gasteiger partial charge >= 0.3 is 5.97 Å². The van der Waals surface area contributed by atoms with Crippen molar-refractivity contribution in [1.82, 2.24) is 5.16 Å². The molecule has 0 saturated carbocycles. The van der Waals surface area contributed by atoms with Gasteiger partial charge in [0.05, 0.1) is 5.69 Å². The van der Waals surface area contributed by atoms with Gasteiger partial charge in [-0.3, -0.25) is 4.79 Å². The lowest BCUT2D eigenvalue weighted by Crippen LogP contribution is -2.30. The Hall–Kier alpha value is -3.41. The normalized spacial score (nSPS) is 11.7. The standard InChI is InChI=1S/C22H22N2O4/c1-4-18-20(14(2)28-24-18)22(26)27-15(3)21(25)23-19-13-9-8-12-17(19)16-10-6-5-7-11-16/h5-13,15H,4H2,1-3H3,(H,23,25). The first-order valence-electron chi connectivity index (χ1n) is 9.12. The number of para-hydroxylation sites is 1. The first-order valence-corrected chi connectivity index (χ1v) is 9.12. The third-order valence-corrected chi connectivity index (χ3v) is 4.40. The minimum Gasteiger partial charge on any atom is -0.449 e. The second kappa shape index (κ2) is 8.52. The number of aryl methyl sites for hydroxylation is 2. The van der Waals surface area contributed by atoms with E-state index in [-0.39, 0.29) is 5.56 Å². The Morgan fingerprint density at radius 1 is 1.11 bits per heavy atom. The average Bonchev–Trinajstić information content (AvgIpc) is 3.09. The van der Waals surface area contributed by atoms with Gasteiger partial charge in [0.25, 0.3) is 5.91 Å². The molecular weight excluding hydrogens is 356 g/mol. The molecule has 0 aliphatic rings. The molecule has 0 spiro atoms. The summed E-state index contributed by atoms with van der Waals surface area (Å²) in [6.45, 7) is 5.04. The van der Waals surface area contributed by atoms with Crippen LogP contribution in [-0.2, 0) is 16.0 Å². The number of carbonyl (C=O) groups excluding carboxylic acids is 2. The molecule has 6 heteroatoms. The number of amides is 1. The molecule has 3 aromatic rings. The summed E-state index contributed by atoms with van der Waals surface area (Å²) >= 11 is 0. The van der Waals surface area contributed by atoms with Gasteiger partial charge in [-0.1, -0.05) is 60.6 Å². The Balaban J connectivity index is 1.73. The third-order valence-electron chi connectivity index (χ3n) is 4.40. The number of esters is 1. The minimum absolute atomic E-state index is 0.284. The Bertz CT molecular complexity index is 979. The monoisotopic (exact) mass is 378 g/mol. The van der Waals surface area contributed by atoms with Crippen LogP contribution in [0.4, 0.5) is 5.69 Å². The molecule has 2 aromatic carbocycles. The second-order valence-corrected chi connectivity index (χ2v) is 6.36. The predicted molar refractivity (Wildman–Crippen MR) is 106 cm³/mol. The third kappa shape index (κ3) is 4.11. The van der Waals surface area contributed by atoms with Crippen molar-refractivity contribution in [3.63, 3.8) is 0 Å². The van der Waals surface area contributed by atoms with Crippen molar-refractivity contribution in [2.24, 2.45) is 0 Å². The first-order chi connectivity index (χ1) is 13.5. The van der Waals surface area contributed by atoms with Crippen molar-refractivity contribution in [2.75, 3.05) is 5.32 Å². The van der Waals surface area contributed by atoms with E-state index in [1.807, 2.05) is 61.5 Å². The van der Waals surface area contributed by atoms with Gasteiger partial charge in [-0.25, -0.2) is 4.79 Å². The van der Waals surface area contributed by atoms with Crippen LogP contribution >= 0.6 is 0 Å². The number of carbonyl (C=O) groups is 2. The Morgan fingerprint density at radius 3 is 2.50 bits per heavy atom. The van der Waals surface area contributed by atoms with E-state index >= 15 is 0 Å². The number of benzene rings is 2. The van der Waals surface area contributed by atoms with Crippen molar-refractivity contribution in [3.8, 4) is 11.1 Å². The lowest BCUT2D eigenvalue weighted by molar-refractivity contribution is -0.123. The fraction of sp³-hybridized carbons (Fsp3) is 0.227. The summed E-state index contributed by atoms with van der Waals surface area (Å²) in [6.07, 6.45) is -0.442. The van der Waals surface area contributed by atoms with E-state index < -0.39 is 18.0 Å². The molecule has 28 heavy (non-hydrogen) atoms. The zero-order chi connectivity index (χ0) is 20.1. The van der Waals surface area contributed by atoms with E-state index in [1.165, 1.54) is 6.92 Å². The summed E-state index contributed by atoms with van der Waals surface area (Å²) in [4.78, 5) is 25.1. The zero-order valence-corrected chi connectivity index (χ0v) is 16.1. The molecule has 0 aliphatic carbocycles. The Labute approximate surface area is 163 Å². The molecule has 1 heterocycles. The highest BCUT2D eigenvalue weighted by atomic mass is 16.5. The van der Waals surface area contributed by atoms with E-state index in [0.717, 1.165) is 11.1 Å². The van der Waals surface area contributed by atoms with Gasteiger partial charge in [0, 0.05) is 11.3 Å². The number of nitrogens with one attached hydrogen (secondary N) is 1. The van der Waals surface area contributed by atoms with Gasteiger partial charge in [-0.05, 0) is 31.9 Å². The number of hydrogen-bond donors (Lipinski definition) is 1. The van der Waals surface area contributed by atoms with E-state index in [0.29, 0.717) is 23.6 Å². The molecule has 0 saturated heterocycles. The Morgan fingerprint density at radius 2 is 1.79 bits per heavy atom. The van der Waals surface area contributed by atoms with E-state index in [2.05, 4.69) is 10.5 Å². The van der Waals surface area contributed by atoms with E-state index in [4.69, 9.17) is 9.26 Å². The van der Waals surface area contributed by atoms with Crippen LogP contribution in [0.5, 0.6) is 0 Å². The highest BCUT2D eigenvalue weighted by Gasteiger charge is 2.25. The fourth-order valence-electron chi connectivity index (χ4n) is 2.89. The number of nitrogens with zero attached hydrogens (tertiary/aromatic N) is 1. The minimum atomic E-state index is -0.977.